The first-order valence-electron chi connectivity index (χ1n) is 8.33. The monoisotopic (exact) mass is 353 g/mol. The molecule has 2 aromatic carbocycles. The number of amides is 1. The van der Waals surface area contributed by atoms with Crippen molar-refractivity contribution in [1.29, 1.82) is 0 Å². The van der Waals surface area contributed by atoms with Crippen LogP contribution < -0.4 is 0 Å². The highest BCUT2D eigenvalue weighted by Crippen LogP contribution is 2.34. The number of carbonyl (C=O) groups is 1. The van der Waals surface area contributed by atoms with Gasteiger partial charge in [0.25, 0.3) is 5.91 Å². The Bertz CT molecular complexity index is 983. The van der Waals surface area contributed by atoms with Crippen LogP contribution in [0.15, 0.2) is 54.9 Å². The number of benzene rings is 2. The molecule has 2 heterocycles. The van der Waals surface area contributed by atoms with Crippen LogP contribution in [0, 0.1) is 11.6 Å². The predicted octanol–water partition coefficient (Wildman–Crippen LogP) is 3.49. The van der Waals surface area contributed by atoms with Crippen LogP contribution in [0.5, 0.6) is 0 Å². The maximum absolute atomic E-state index is 13.5. The van der Waals surface area contributed by atoms with E-state index in [1.807, 2.05) is 31.4 Å². The van der Waals surface area contributed by atoms with Gasteiger partial charge in [-0.2, -0.15) is 5.10 Å². The fourth-order valence-electron chi connectivity index (χ4n) is 3.48. The lowest BCUT2D eigenvalue weighted by Crippen LogP contribution is -2.38. The third-order valence-corrected chi connectivity index (χ3v) is 4.78. The van der Waals surface area contributed by atoms with Crippen LogP contribution in [-0.2, 0) is 13.6 Å². The lowest BCUT2D eigenvalue weighted by molar-refractivity contribution is 0.0724. The van der Waals surface area contributed by atoms with Gasteiger partial charge in [0, 0.05) is 37.8 Å². The highest BCUT2D eigenvalue weighted by atomic mass is 19.2. The van der Waals surface area contributed by atoms with E-state index in [1.165, 1.54) is 6.07 Å². The third-order valence-electron chi connectivity index (χ3n) is 4.78. The zero-order valence-corrected chi connectivity index (χ0v) is 14.2. The van der Waals surface area contributed by atoms with Gasteiger partial charge in [0.2, 0.25) is 0 Å². The van der Waals surface area contributed by atoms with Gasteiger partial charge in [-0.3, -0.25) is 9.48 Å². The molecule has 1 amide bonds. The molecule has 1 atom stereocenters. The van der Waals surface area contributed by atoms with E-state index in [-0.39, 0.29) is 17.4 Å². The van der Waals surface area contributed by atoms with Crippen molar-refractivity contribution in [3.05, 3.63) is 88.7 Å². The molecule has 132 valence electrons. The SMILES string of the molecule is Cn1cc(C2CN(C(=O)c3ccc(F)c(F)c3)Cc3ccccc32)cn1. The van der Waals surface area contributed by atoms with Crippen LogP contribution in [0.2, 0.25) is 0 Å². The molecule has 0 bridgehead atoms. The summed E-state index contributed by atoms with van der Waals surface area (Å²) in [5.41, 5.74) is 3.37. The Balaban J connectivity index is 1.70. The molecule has 0 aliphatic carbocycles. The van der Waals surface area contributed by atoms with E-state index in [2.05, 4.69) is 11.2 Å². The molecule has 1 aromatic heterocycles. The van der Waals surface area contributed by atoms with Crippen LogP contribution in [0.1, 0.15) is 33.0 Å². The standard InChI is InChI=1S/C20H17F2N3O/c1-24-10-15(9-23-24)17-12-25(11-14-4-2-3-5-16(14)17)20(26)13-6-7-18(21)19(22)8-13/h2-10,17H,11-12H2,1H3. The molecule has 0 saturated heterocycles. The Labute approximate surface area is 149 Å². The Kier molecular flexibility index (Phi) is 4.03. The second-order valence-corrected chi connectivity index (χ2v) is 6.51. The second kappa shape index (κ2) is 6.37. The highest BCUT2D eigenvalue weighted by molar-refractivity contribution is 5.94. The maximum atomic E-state index is 13.5. The summed E-state index contributed by atoms with van der Waals surface area (Å²) in [6.45, 7) is 0.894. The van der Waals surface area contributed by atoms with Gasteiger partial charge in [-0.25, -0.2) is 8.78 Å². The lowest BCUT2D eigenvalue weighted by Gasteiger charge is -2.34. The number of aryl methyl sites for hydroxylation is 1. The summed E-state index contributed by atoms with van der Waals surface area (Å²) in [7, 11) is 1.85. The number of halogens is 2. The summed E-state index contributed by atoms with van der Waals surface area (Å²) >= 11 is 0. The van der Waals surface area contributed by atoms with Gasteiger partial charge < -0.3 is 4.90 Å². The zero-order chi connectivity index (χ0) is 18.3. The summed E-state index contributed by atoms with van der Waals surface area (Å²) in [4.78, 5) is 14.5. The first-order valence-corrected chi connectivity index (χ1v) is 8.33. The molecule has 0 fully saturated rings. The molecule has 3 aromatic rings. The minimum absolute atomic E-state index is 0.0112. The number of fused-ring (bicyclic) bond motifs is 1. The van der Waals surface area contributed by atoms with Gasteiger partial charge in [-0.05, 0) is 34.9 Å². The quantitative estimate of drug-likeness (QED) is 0.707. The molecule has 4 nitrogen and oxygen atoms in total. The molecule has 0 saturated carbocycles. The van der Waals surface area contributed by atoms with Gasteiger partial charge in [0.05, 0.1) is 6.20 Å². The van der Waals surface area contributed by atoms with Gasteiger partial charge in [0.15, 0.2) is 11.6 Å². The lowest BCUT2D eigenvalue weighted by atomic mass is 9.86. The number of hydrogen-bond donors (Lipinski definition) is 0. The van der Waals surface area contributed by atoms with Crippen molar-refractivity contribution in [2.24, 2.45) is 7.05 Å². The van der Waals surface area contributed by atoms with Crippen molar-refractivity contribution in [1.82, 2.24) is 14.7 Å². The number of nitrogens with zero attached hydrogens (tertiary/aromatic N) is 3. The molecular formula is C20H17F2N3O. The Morgan fingerprint density at radius 3 is 2.69 bits per heavy atom. The Morgan fingerprint density at radius 2 is 1.96 bits per heavy atom. The molecule has 1 aliphatic heterocycles. The van der Waals surface area contributed by atoms with E-state index in [0.717, 1.165) is 28.8 Å². The zero-order valence-electron chi connectivity index (χ0n) is 14.2. The molecule has 6 heteroatoms. The average Bonchev–Trinajstić information content (AvgIpc) is 3.08. The van der Waals surface area contributed by atoms with E-state index in [1.54, 1.807) is 15.8 Å². The number of rotatable bonds is 2. The summed E-state index contributed by atoms with van der Waals surface area (Å²) in [6, 6.07) is 11.2. The summed E-state index contributed by atoms with van der Waals surface area (Å²) in [5.74, 6) is -2.30. The highest BCUT2D eigenvalue weighted by Gasteiger charge is 2.30. The normalized spacial score (nSPS) is 16.4. The Hall–Kier alpha value is -3.02. The number of hydrogen-bond acceptors (Lipinski definition) is 2. The van der Waals surface area contributed by atoms with Gasteiger partial charge in [-0.1, -0.05) is 24.3 Å². The van der Waals surface area contributed by atoms with Crippen LogP contribution in [0.25, 0.3) is 0 Å². The van der Waals surface area contributed by atoms with Crippen molar-refractivity contribution in [3.63, 3.8) is 0 Å². The van der Waals surface area contributed by atoms with Crippen LogP contribution in [-0.4, -0.2) is 27.1 Å². The summed E-state index contributed by atoms with van der Waals surface area (Å²) in [5, 5.41) is 4.24. The van der Waals surface area contributed by atoms with E-state index >= 15 is 0 Å². The fraction of sp³-hybridized carbons (Fsp3) is 0.200. The van der Waals surface area contributed by atoms with E-state index in [0.29, 0.717) is 13.1 Å². The van der Waals surface area contributed by atoms with Crippen LogP contribution in [0.3, 0.4) is 0 Å². The first kappa shape index (κ1) is 16.4. The maximum Gasteiger partial charge on any atom is 0.254 e. The van der Waals surface area contributed by atoms with Gasteiger partial charge in [-0.15, -0.1) is 0 Å². The van der Waals surface area contributed by atoms with Crippen molar-refractivity contribution in [2.75, 3.05) is 6.54 Å². The molecule has 1 unspecified atom stereocenters. The average molecular weight is 353 g/mol. The van der Waals surface area contributed by atoms with Crippen molar-refractivity contribution >= 4 is 5.91 Å². The minimum atomic E-state index is -1.02. The topological polar surface area (TPSA) is 38.1 Å². The fourth-order valence-corrected chi connectivity index (χ4v) is 3.48. The second-order valence-electron chi connectivity index (χ2n) is 6.51. The van der Waals surface area contributed by atoms with Crippen molar-refractivity contribution in [2.45, 2.75) is 12.5 Å². The third kappa shape index (κ3) is 2.87. The van der Waals surface area contributed by atoms with Gasteiger partial charge in [0.1, 0.15) is 0 Å². The molecule has 26 heavy (non-hydrogen) atoms. The van der Waals surface area contributed by atoms with Crippen LogP contribution in [0.4, 0.5) is 8.78 Å². The molecule has 0 N–H and O–H groups in total. The molecule has 0 spiro atoms. The minimum Gasteiger partial charge on any atom is -0.333 e. The van der Waals surface area contributed by atoms with Crippen LogP contribution >= 0.6 is 0 Å². The first-order chi connectivity index (χ1) is 12.5. The van der Waals surface area contributed by atoms with Crippen molar-refractivity contribution < 1.29 is 13.6 Å². The number of carbonyl (C=O) groups excluding carboxylic acids is 1. The predicted molar refractivity (Wildman–Crippen MR) is 92.6 cm³/mol. The smallest absolute Gasteiger partial charge is 0.254 e. The Morgan fingerprint density at radius 1 is 1.15 bits per heavy atom. The summed E-state index contributed by atoms with van der Waals surface area (Å²) < 4.78 is 28.4. The van der Waals surface area contributed by atoms with E-state index < -0.39 is 11.6 Å². The van der Waals surface area contributed by atoms with Gasteiger partial charge >= 0.3 is 0 Å². The molecular weight excluding hydrogens is 336 g/mol. The molecule has 1 aliphatic rings. The van der Waals surface area contributed by atoms with Crippen molar-refractivity contribution in [3.8, 4) is 0 Å². The summed E-state index contributed by atoms with van der Waals surface area (Å²) in [6.07, 6.45) is 3.74. The largest absolute Gasteiger partial charge is 0.333 e. The molecule has 4 rings (SSSR count). The molecule has 0 radical (unpaired) electrons. The van der Waals surface area contributed by atoms with E-state index in [9.17, 15) is 13.6 Å². The number of aromatic nitrogens is 2. The van der Waals surface area contributed by atoms with E-state index in [4.69, 9.17) is 0 Å².